The second-order valence-electron chi connectivity index (χ2n) is 4.85. The number of phenolic OH excluding ortho intramolecular Hbond substituents is 3. The lowest BCUT2D eigenvalue weighted by molar-refractivity contribution is 0.0842. The molecule has 1 heterocycles. The maximum Gasteiger partial charge on any atom is 0.174 e. The van der Waals surface area contributed by atoms with Crippen LogP contribution in [0.3, 0.4) is 0 Å². The van der Waals surface area contributed by atoms with Gasteiger partial charge in [0.25, 0.3) is 0 Å². The minimum atomic E-state index is -0.558. The molecule has 1 aliphatic heterocycles. The van der Waals surface area contributed by atoms with E-state index in [0.717, 1.165) is 0 Å². The zero-order chi connectivity index (χ0) is 16.0. The Morgan fingerprint density at radius 3 is 2.27 bits per heavy atom. The molecule has 1 aliphatic rings. The molecule has 2 aromatic rings. The number of hydrogen-bond acceptors (Lipinski definition) is 5. The van der Waals surface area contributed by atoms with Gasteiger partial charge in [0.2, 0.25) is 0 Å². The number of benzene rings is 2. The Kier molecular flexibility index (Phi) is 3.78. The average Bonchev–Trinajstić information content (AvgIpc) is 2.50. The van der Waals surface area contributed by atoms with Gasteiger partial charge in [-0.05, 0) is 49.6 Å². The molecule has 0 saturated carbocycles. The van der Waals surface area contributed by atoms with E-state index in [9.17, 15) is 20.1 Å². The van der Waals surface area contributed by atoms with Crippen LogP contribution < -0.4 is 4.74 Å². The van der Waals surface area contributed by atoms with Crippen molar-refractivity contribution in [3.05, 3.63) is 44.3 Å². The van der Waals surface area contributed by atoms with Crippen LogP contribution in [0.15, 0.2) is 33.2 Å². The number of rotatable bonds is 1. The molecule has 5 nitrogen and oxygen atoms in total. The first-order valence-corrected chi connectivity index (χ1v) is 7.90. The molecule has 0 aliphatic carbocycles. The topological polar surface area (TPSA) is 87.0 Å². The largest absolute Gasteiger partial charge is 0.508 e. The number of Topliss-reactive ketones (excluding diaryl/α,β-unsaturated/α-hetero) is 1. The van der Waals surface area contributed by atoms with E-state index in [1.807, 2.05) is 0 Å². The number of phenols is 3. The summed E-state index contributed by atoms with van der Waals surface area (Å²) in [6.45, 7) is 0. The first-order chi connectivity index (χ1) is 10.4. The summed E-state index contributed by atoms with van der Waals surface area (Å²) in [5.41, 5.74) is 0.747. The van der Waals surface area contributed by atoms with Gasteiger partial charge in [0, 0.05) is 0 Å². The second kappa shape index (κ2) is 5.48. The van der Waals surface area contributed by atoms with Gasteiger partial charge in [0.1, 0.15) is 32.1 Å². The van der Waals surface area contributed by atoms with Crippen molar-refractivity contribution in [3.63, 3.8) is 0 Å². The molecular formula is C15H10Br2O5. The quantitative estimate of drug-likeness (QED) is 0.636. The van der Waals surface area contributed by atoms with Gasteiger partial charge >= 0.3 is 0 Å². The highest BCUT2D eigenvalue weighted by Crippen LogP contribution is 2.52. The van der Waals surface area contributed by atoms with Gasteiger partial charge in [0.15, 0.2) is 17.3 Å². The standard InChI is InChI=1S/C15H10Br2O5/c16-11-13(20)10-8(19)5-9(6-1-3-7(18)4-2-6)22-15(10)12(17)14(11)21/h1-4,9,18,20-21H,5H2/t9-/m0/s1. The third-order valence-corrected chi connectivity index (χ3v) is 4.95. The fourth-order valence-electron chi connectivity index (χ4n) is 2.34. The van der Waals surface area contributed by atoms with Gasteiger partial charge in [-0.3, -0.25) is 4.79 Å². The molecule has 22 heavy (non-hydrogen) atoms. The van der Waals surface area contributed by atoms with Gasteiger partial charge in [-0.15, -0.1) is 0 Å². The predicted molar refractivity (Wildman–Crippen MR) is 85.6 cm³/mol. The zero-order valence-electron chi connectivity index (χ0n) is 11.0. The van der Waals surface area contributed by atoms with E-state index < -0.39 is 6.10 Å². The summed E-state index contributed by atoms with van der Waals surface area (Å²) in [6, 6.07) is 6.32. The lowest BCUT2D eigenvalue weighted by Gasteiger charge is -2.27. The minimum absolute atomic E-state index is 0.0339. The van der Waals surface area contributed by atoms with Crippen molar-refractivity contribution in [2.45, 2.75) is 12.5 Å². The van der Waals surface area contributed by atoms with Crippen LogP contribution in [0.4, 0.5) is 0 Å². The van der Waals surface area contributed by atoms with E-state index in [1.165, 1.54) is 12.1 Å². The number of hydrogen-bond donors (Lipinski definition) is 3. The van der Waals surface area contributed by atoms with E-state index in [0.29, 0.717) is 5.56 Å². The van der Waals surface area contributed by atoms with Gasteiger partial charge in [-0.1, -0.05) is 12.1 Å². The van der Waals surface area contributed by atoms with Crippen molar-refractivity contribution in [1.82, 2.24) is 0 Å². The Bertz CT molecular complexity index is 771. The van der Waals surface area contributed by atoms with Gasteiger partial charge in [-0.25, -0.2) is 0 Å². The van der Waals surface area contributed by atoms with E-state index in [2.05, 4.69) is 31.9 Å². The van der Waals surface area contributed by atoms with Gasteiger partial charge in [0.05, 0.1) is 6.42 Å². The monoisotopic (exact) mass is 428 g/mol. The zero-order valence-corrected chi connectivity index (χ0v) is 14.2. The SMILES string of the molecule is O=C1C[C@@H](c2ccc(O)cc2)Oc2c(Br)c(O)c(Br)c(O)c21. The fourth-order valence-corrected chi connectivity index (χ4v) is 3.49. The summed E-state index contributed by atoms with van der Waals surface area (Å²) >= 11 is 6.22. The average molecular weight is 430 g/mol. The number of ketones is 1. The van der Waals surface area contributed by atoms with Crippen LogP contribution in [0.1, 0.15) is 28.4 Å². The predicted octanol–water partition coefficient (Wildman–Crippen LogP) is 4.03. The van der Waals surface area contributed by atoms with Crippen LogP contribution in [-0.4, -0.2) is 21.1 Å². The van der Waals surface area contributed by atoms with E-state index in [1.54, 1.807) is 12.1 Å². The Balaban J connectivity index is 2.09. The van der Waals surface area contributed by atoms with Crippen molar-refractivity contribution in [3.8, 4) is 23.0 Å². The smallest absolute Gasteiger partial charge is 0.174 e. The van der Waals surface area contributed by atoms with Gasteiger partial charge < -0.3 is 20.1 Å². The minimum Gasteiger partial charge on any atom is -0.508 e. The Labute approximate surface area is 142 Å². The normalized spacial score (nSPS) is 17.0. The van der Waals surface area contributed by atoms with E-state index in [4.69, 9.17) is 4.74 Å². The third kappa shape index (κ3) is 2.34. The highest BCUT2D eigenvalue weighted by Gasteiger charge is 2.34. The third-order valence-electron chi connectivity index (χ3n) is 3.46. The number of ether oxygens (including phenoxy) is 1. The molecule has 2 aromatic carbocycles. The summed E-state index contributed by atoms with van der Waals surface area (Å²) in [5, 5.41) is 29.3. The van der Waals surface area contributed by atoms with Crippen molar-refractivity contribution in [2.24, 2.45) is 0 Å². The van der Waals surface area contributed by atoms with Crippen molar-refractivity contribution >= 4 is 37.6 Å². The van der Waals surface area contributed by atoms with Crippen LogP contribution in [0, 0.1) is 0 Å². The lowest BCUT2D eigenvalue weighted by atomic mass is 9.95. The summed E-state index contributed by atoms with van der Waals surface area (Å²) in [5.74, 6) is -0.655. The molecule has 0 saturated heterocycles. The first kappa shape index (κ1) is 15.2. The number of carbonyl (C=O) groups excluding carboxylic acids is 1. The van der Waals surface area contributed by atoms with Crippen molar-refractivity contribution < 1.29 is 24.9 Å². The molecule has 0 amide bonds. The van der Waals surface area contributed by atoms with Crippen LogP contribution in [0.25, 0.3) is 0 Å². The summed E-state index contributed by atoms with van der Waals surface area (Å²) in [4.78, 5) is 12.4. The molecule has 114 valence electrons. The molecular weight excluding hydrogens is 420 g/mol. The highest BCUT2D eigenvalue weighted by molar-refractivity contribution is 9.11. The fraction of sp³-hybridized carbons (Fsp3) is 0.133. The summed E-state index contributed by atoms with van der Waals surface area (Å²) < 4.78 is 6.02. The van der Waals surface area contributed by atoms with Gasteiger partial charge in [-0.2, -0.15) is 0 Å². The maximum atomic E-state index is 12.4. The van der Waals surface area contributed by atoms with Crippen molar-refractivity contribution in [2.75, 3.05) is 0 Å². The highest BCUT2D eigenvalue weighted by atomic mass is 79.9. The number of halogens is 2. The molecule has 0 spiro atoms. The molecule has 3 rings (SSSR count). The molecule has 0 unspecified atom stereocenters. The van der Waals surface area contributed by atoms with Crippen LogP contribution in [0.5, 0.6) is 23.0 Å². The summed E-state index contributed by atoms with van der Waals surface area (Å²) in [6.07, 6.45) is -0.508. The van der Waals surface area contributed by atoms with Crippen LogP contribution in [0.2, 0.25) is 0 Å². The Morgan fingerprint density at radius 2 is 1.64 bits per heavy atom. The molecule has 0 aromatic heterocycles. The van der Waals surface area contributed by atoms with Crippen LogP contribution >= 0.6 is 31.9 Å². The molecule has 7 heteroatoms. The first-order valence-electron chi connectivity index (χ1n) is 6.31. The number of fused-ring (bicyclic) bond motifs is 1. The van der Waals surface area contributed by atoms with Crippen molar-refractivity contribution in [1.29, 1.82) is 0 Å². The Morgan fingerprint density at radius 1 is 1.00 bits per heavy atom. The molecule has 1 atom stereocenters. The van der Waals surface area contributed by atoms with Crippen LogP contribution in [-0.2, 0) is 0 Å². The second-order valence-corrected chi connectivity index (χ2v) is 6.44. The number of aromatic hydroxyl groups is 3. The maximum absolute atomic E-state index is 12.4. The molecule has 3 N–H and O–H groups in total. The molecule has 0 radical (unpaired) electrons. The molecule has 0 bridgehead atoms. The van der Waals surface area contributed by atoms with E-state index in [-0.39, 0.29) is 49.7 Å². The lowest BCUT2D eigenvalue weighted by Crippen LogP contribution is -2.21. The number of carbonyl (C=O) groups is 1. The summed E-state index contributed by atoms with van der Waals surface area (Å²) in [7, 11) is 0. The Hall–Kier alpha value is -1.73. The molecule has 0 fully saturated rings. The van der Waals surface area contributed by atoms with E-state index >= 15 is 0 Å².